The summed E-state index contributed by atoms with van der Waals surface area (Å²) in [6.45, 7) is 4.36. The molecule has 2 aliphatic heterocycles. The highest BCUT2D eigenvalue weighted by atomic mass is 35.5. The molecule has 1 nitrogen and oxygen atoms in total. The zero-order valence-electron chi connectivity index (χ0n) is 8.88. The monoisotopic (exact) mass is 221 g/mol. The van der Waals surface area contributed by atoms with Gasteiger partial charge in [-0.25, -0.2) is 0 Å². The third-order valence-electron chi connectivity index (χ3n) is 4.95. The van der Waals surface area contributed by atoms with Crippen molar-refractivity contribution in [1.29, 1.82) is 0 Å². The van der Waals surface area contributed by atoms with Crippen LogP contribution in [-0.4, -0.2) is 24.1 Å². The molecule has 15 heavy (non-hydrogen) atoms. The molecule has 0 aromatic heterocycles. The van der Waals surface area contributed by atoms with Gasteiger partial charge in [-0.2, -0.15) is 0 Å². The van der Waals surface area contributed by atoms with Crippen LogP contribution in [-0.2, 0) is 12.0 Å². The first-order valence-corrected chi connectivity index (χ1v) is 5.81. The fourth-order valence-corrected chi connectivity index (χ4v) is 3.89. The van der Waals surface area contributed by atoms with Crippen molar-refractivity contribution in [2.75, 3.05) is 19.6 Å². The zero-order chi connectivity index (χ0) is 9.23. The molecule has 0 bridgehead atoms. The number of fused-ring (bicyclic) bond motifs is 3. The van der Waals surface area contributed by atoms with Gasteiger partial charge in [0.25, 0.3) is 0 Å². The largest absolute Gasteiger partial charge is 1.00 e. The minimum absolute atomic E-state index is 0. The smallest absolute Gasteiger partial charge is 0.131 e. The van der Waals surface area contributed by atoms with E-state index in [1.165, 1.54) is 43.4 Å². The summed E-state index contributed by atoms with van der Waals surface area (Å²) in [5.41, 5.74) is 3.93. The van der Waals surface area contributed by atoms with Gasteiger partial charge in [-0.05, 0) is 12.0 Å². The summed E-state index contributed by atoms with van der Waals surface area (Å²) in [5, 5.41) is 0. The second-order valence-corrected chi connectivity index (χ2v) is 5.25. The Labute approximate surface area is 97.1 Å². The Morgan fingerprint density at radius 3 is 2.47 bits per heavy atom. The van der Waals surface area contributed by atoms with Gasteiger partial charge in [0.15, 0.2) is 0 Å². The molecule has 4 rings (SSSR count). The fraction of sp³-hybridized carbons (Fsp3) is 0.538. The number of hydrogen-bond donors (Lipinski definition) is 0. The van der Waals surface area contributed by atoms with Crippen molar-refractivity contribution in [3.63, 3.8) is 0 Å². The summed E-state index contributed by atoms with van der Waals surface area (Å²) in [6.07, 6.45) is 4.20. The molecule has 2 fully saturated rings. The predicted molar refractivity (Wildman–Crippen MR) is 55.9 cm³/mol. The van der Waals surface area contributed by atoms with Crippen LogP contribution in [0.3, 0.4) is 0 Å². The Bertz CT molecular complexity index is 411. The van der Waals surface area contributed by atoms with E-state index in [9.17, 15) is 0 Å². The van der Waals surface area contributed by atoms with Gasteiger partial charge in [0.1, 0.15) is 18.6 Å². The molecule has 2 spiro atoms. The van der Waals surface area contributed by atoms with E-state index < -0.39 is 0 Å². The first-order chi connectivity index (χ1) is 6.86. The Hall–Kier alpha value is -0.530. The molecule has 0 amide bonds. The van der Waals surface area contributed by atoms with Crippen LogP contribution in [0.15, 0.2) is 24.3 Å². The van der Waals surface area contributed by atoms with Crippen LogP contribution in [0.1, 0.15) is 24.0 Å². The van der Waals surface area contributed by atoms with E-state index in [1.54, 1.807) is 11.1 Å². The number of aryl methyl sites for hydroxylation is 1. The number of halogens is 1. The van der Waals surface area contributed by atoms with E-state index in [-0.39, 0.29) is 12.4 Å². The second kappa shape index (κ2) is 2.78. The Kier molecular flexibility index (Phi) is 1.79. The van der Waals surface area contributed by atoms with Crippen LogP contribution < -0.4 is 12.4 Å². The molecule has 2 heterocycles. The molecule has 2 heteroatoms. The highest BCUT2D eigenvalue weighted by Gasteiger charge is 2.69. The maximum Gasteiger partial charge on any atom is 0.131 e. The fourth-order valence-electron chi connectivity index (χ4n) is 3.89. The Morgan fingerprint density at radius 2 is 1.80 bits per heavy atom. The maximum absolute atomic E-state index is 2.39. The van der Waals surface area contributed by atoms with Gasteiger partial charge in [0.2, 0.25) is 0 Å². The van der Waals surface area contributed by atoms with Crippen LogP contribution in [0.2, 0.25) is 0 Å². The lowest BCUT2D eigenvalue weighted by Crippen LogP contribution is -3.00. The van der Waals surface area contributed by atoms with E-state index in [0.29, 0.717) is 5.54 Å². The molecular formula is C13H16ClN. The van der Waals surface area contributed by atoms with Crippen molar-refractivity contribution in [2.24, 2.45) is 0 Å². The predicted octanol–water partition coefficient (Wildman–Crippen LogP) is -0.934. The Morgan fingerprint density at radius 1 is 1.00 bits per heavy atom. The first-order valence-electron chi connectivity index (χ1n) is 5.81. The minimum Gasteiger partial charge on any atom is -1.00 e. The van der Waals surface area contributed by atoms with Crippen molar-refractivity contribution in [3.05, 3.63) is 35.4 Å². The lowest BCUT2D eigenvalue weighted by molar-refractivity contribution is -0.915. The molecule has 1 atom stereocenters. The molecule has 0 radical (unpaired) electrons. The Balaban J connectivity index is 0.000000722. The number of quaternary nitrogens is 1. The number of hydrogen-bond acceptors (Lipinski definition) is 0. The average molecular weight is 222 g/mol. The van der Waals surface area contributed by atoms with Crippen molar-refractivity contribution >= 4 is 0 Å². The highest BCUT2D eigenvalue weighted by Crippen LogP contribution is 2.59. The van der Waals surface area contributed by atoms with Gasteiger partial charge >= 0.3 is 0 Å². The molecule has 1 aliphatic carbocycles. The minimum atomic E-state index is 0. The van der Waals surface area contributed by atoms with Gasteiger partial charge in [0, 0.05) is 12.0 Å². The van der Waals surface area contributed by atoms with E-state index in [1.807, 2.05) is 0 Å². The van der Waals surface area contributed by atoms with Crippen molar-refractivity contribution in [1.82, 2.24) is 0 Å². The van der Waals surface area contributed by atoms with Crippen molar-refractivity contribution in [3.8, 4) is 0 Å². The van der Waals surface area contributed by atoms with Crippen molar-refractivity contribution in [2.45, 2.75) is 24.8 Å². The van der Waals surface area contributed by atoms with Crippen LogP contribution in [0.25, 0.3) is 0 Å². The van der Waals surface area contributed by atoms with E-state index >= 15 is 0 Å². The summed E-state index contributed by atoms with van der Waals surface area (Å²) in [6, 6.07) is 9.15. The topological polar surface area (TPSA) is 0 Å². The molecule has 1 unspecified atom stereocenters. The van der Waals surface area contributed by atoms with E-state index in [2.05, 4.69) is 24.3 Å². The molecule has 1 aromatic rings. The number of rotatable bonds is 0. The molecule has 2 saturated heterocycles. The van der Waals surface area contributed by atoms with Crippen LogP contribution >= 0.6 is 0 Å². The zero-order valence-corrected chi connectivity index (χ0v) is 9.63. The summed E-state index contributed by atoms with van der Waals surface area (Å²) in [5.74, 6) is 0. The maximum atomic E-state index is 2.39. The standard InChI is InChI=1S/C13H16N.ClH/c1-2-4-12-11(3-1)5-6-13(12)7-8-14(13)9-10-14;/h1-4H,5-10H2;1H/q+1;/p-1. The number of nitrogens with zero attached hydrogens (tertiary/aromatic N) is 1. The van der Waals surface area contributed by atoms with Gasteiger partial charge < -0.3 is 16.9 Å². The molecule has 0 N–H and O–H groups in total. The SMILES string of the molecule is [Cl-].c1ccc2c(c1)CCC21CC[N+]12CC2. The summed E-state index contributed by atoms with van der Waals surface area (Å²) in [7, 11) is 0. The van der Waals surface area contributed by atoms with Crippen LogP contribution in [0.4, 0.5) is 0 Å². The molecule has 1 aromatic carbocycles. The second-order valence-electron chi connectivity index (χ2n) is 5.25. The van der Waals surface area contributed by atoms with Gasteiger partial charge in [-0.1, -0.05) is 24.3 Å². The highest BCUT2D eigenvalue weighted by molar-refractivity contribution is 5.39. The third-order valence-corrected chi connectivity index (χ3v) is 4.95. The summed E-state index contributed by atoms with van der Waals surface area (Å²) >= 11 is 0. The lowest BCUT2D eigenvalue weighted by Gasteiger charge is -2.48. The van der Waals surface area contributed by atoms with Gasteiger partial charge in [-0.15, -0.1) is 0 Å². The molecule has 80 valence electrons. The first kappa shape index (κ1) is 9.68. The molecular weight excluding hydrogens is 206 g/mol. The third kappa shape index (κ3) is 0.938. The summed E-state index contributed by atoms with van der Waals surface area (Å²) < 4.78 is 1.45. The molecule has 3 aliphatic rings. The quantitative estimate of drug-likeness (QED) is 0.392. The normalized spacial score (nSPS) is 33.3. The van der Waals surface area contributed by atoms with Gasteiger partial charge in [0.05, 0.1) is 13.0 Å². The van der Waals surface area contributed by atoms with Gasteiger partial charge in [-0.3, -0.25) is 0 Å². The van der Waals surface area contributed by atoms with E-state index in [4.69, 9.17) is 0 Å². The number of benzene rings is 1. The average Bonchev–Trinajstić information content (AvgIpc) is 2.94. The van der Waals surface area contributed by atoms with Crippen LogP contribution in [0.5, 0.6) is 0 Å². The van der Waals surface area contributed by atoms with Crippen LogP contribution in [0, 0.1) is 0 Å². The van der Waals surface area contributed by atoms with Crippen molar-refractivity contribution < 1.29 is 16.9 Å². The lowest BCUT2D eigenvalue weighted by atomic mass is 9.79. The summed E-state index contributed by atoms with van der Waals surface area (Å²) in [4.78, 5) is 0. The molecule has 0 saturated carbocycles. The van der Waals surface area contributed by atoms with E-state index in [0.717, 1.165) is 0 Å².